The number of benzene rings is 2. The third kappa shape index (κ3) is 7.24. The molecule has 1 aliphatic heterocycles. The van der Waals surface area contributed by atoms with Crippen molar-refractivity contribution in [2.24, 2.45) is 5.92 Å². The summed E-state index contributed by atoms with van der Waals surface area (Å²) in [5.41, 5.74) is 1.36. The Morgan fingerprint density at radius 3 is 2.50 bits per heavy atom. The molecule has 10 nitrogen and oxygen atoms in total. The normalized spacial score (nSPS) is 20.3. The van der Waals surface area contributed by atoms with Gasteiger partial charge in [-0.3, -0.25) is 4.79 Å². The Hall–Kier alpha value is -3.79. The summed E-state index contributed by atoms with van der Waals surface area (Å²) in [6.45, 7) is 4.12. The zero-order valence-electron chi connectivity index (χ0n) is 23.6. The molecule has 4 N–H and O–H groups in total. The first-order chi connectivity index (χ1) is 19.3. The number of carbonyl (C=O) groups is 3. The number of likely N-dealkylation sites (N-methyl/N-ethyl adjacent to an activating group) is 1. The monoisotopic (exact) mass is 551 g/mol. The van der Waals surface area contributed by atoms with Crippen molar-refractivity contribution in [1.29, 1.82) is 0 Å². The minimum absolute atomic E-state index is 0.118. The van der Waals surface area contributed by atoms with E-state index in [-0.39, 0.29) is 48.8 Å². The van der Waals surface area contributed by atoms with Crippen LogP contribution >= 0.6 is 0 Å². The molecule has 10 heteroatoms. The summed E-state index contributed by atoms with van der Waals surface area (Å²) in [5.74, 6) is -0.217. The summed E-state index contributed by atoms with van der Waals surface area (Å²) in [4.78, 5) is 42.7. The van der Waals surface area contributed by atoms with E-state index in [2.05, 4.69) is 16.0 Å². The van der Waals surface area contributed by atoms with Crippen LogP contribution in [0.3, 0.4) is 0 Å². The lowest BCUT2D eigenvalue weighted by Gasteiger charge is -2.38. The van der Waals surface area contributed by atoms with Crippen LogP contribution in [0.4, 0.5) is 21.0 Å². The Morgan fingerprint density at radius 2 is 1.80 bits per heavy atom. The van der Waals surface area contributed by atoms with Crippen molar-refractivity contribution in [3.63, 3.8) is 0 Å². The molecule has 0 saturated heterocycles. The number of urea groups is 2. The van der Waals surface area contributed by atoms with Gasteiger partial charge in [0, 0.05) is 31.2 Å². The van der Waals surface area contributed by atoms with E-state index in [0.29, 0.717) is 23.5 Å². The van der Waals surface area contributed by atoms with Gasteiger partial charge in [0.2, 0.25) is 0 Å². The first-order valence-corrected chi connectivity index (χ1v) is 14.1. The molecule has 0 unspecified atom stereocenters. The molecule has 0 radical (unpaired) electrons. The fourth-order valence-electron chi connectivity index (χ4n) is 5.24. The number of anilines is 2. The van der Waals surface area contributed by atoms with Crippen molar-refractivity contribution in [3.05, 3.63) is 54.1 Å². The van der Waals surface area contributed by atoms with Crippen LogP contribution in [-0.2, 0) is 0 Å². The van der Waals surface area contributed by atoms with Crippen LogP contribution in [0.1, 0.15) is 56.3 Å². The van der Waals surface area contributed by atoms with Crippen LogP contribution in [-0.4, -0.2) is 77.8 Å². The second-order valence-electron chi connectivity index (χ2n) is 10.9. The SMILES string of the molecule is C[C@H](CO)N1C[C@H](C)[C@H](CN(C)C(=O)Nc2ccccc2)Oc2c(NC(=O)NC3CCCCC3)cccc2C1=O. The molecule has 1 saturated carbocycles. The lowest BCUT2D eigenvalue weighted by molar-refractivity contribution is 0.0373. The van der Waals surface area contributed by atoms with E-state index in [4.69, 9.17) is 4.74 Å². The van der Waals surface area contributed by atoms with Crippen LogP contribution in [0.2, 0.25) is 0 Å². The minimum Gasteiger partial charge on any atom is -0.485 e. The molecule has 2 aromatic carbocycles. The van der Waals surface area contributed by atoms with Crippen molar-refractivity contribution in [1.82, 2.24) is 15.1 Å². The number of rotatable bonds is 7. The van der Waals surface area contributed by atoms with Gasteiger partial charge in [-0.25, -0.2) is 9.59 Å². The molecule has 2 aliphatic rings. The Morgan fingerprint density at radius 1 is 1.07 bits per heavy atom. The van der Waals surface area contributed by atoms with Gasteiger partial charge in [-0.05, 0) is 44.0 Å². The van der Waals surface area contributed by atoms with Gasteiger partial charge >= 0.3 is 12.1 Å². The number of aliphatic hydroxyl groups excluding tert-OH is 1. The number of aliphatic hydroxyl groups is 1. The fourth-order valence-corrected chi connectivity index (χ4v) is 5.24. The standard InChI is InChI=1S/C30H41N5O5/c1-20-17-35(21(2)19-36)28(37)24-15-10-16-25(33-29(38)31-22-11-6-4-7-12-22)27(24)40-26(20)18-34(3)30(39)32-23-13-8-5-9-14-23/h5,8-10,13-16,20-22,26,36H,4,6-7,11-12,17-19H2,1-3H3,(H,32,39)(H2,31,33,38)/t20-,21+,26-/m0/s1. The van der Waals surface area contributed by atoms with Crippen LogP contribution in [0.15, 0.2) is 48.5 Å². The number of nitrogens with zero attached hydrogens (tertiary/aromatic N) is 2. The van der Waals surface area contributed by atoms with Crippen molar-refractivity contribution in [3.8, 4) is 5.75 Å². The van der Waals surface area contributed by atoms with Crippen LogP contribution in [0, 0.1) is 5.92 Å². The third-order valence-corrected chi connectivity index (χ3v) is 7.71. The minimum atomic E-state index is -0.504. The van der Waals surface area contributed by atoms with E-state index in [9.17, 15) is 19.5 Å². The molecular formula is C30H41N5O5. The highest BCUT2D eigenvalue weighted by Gasteiger charge is 2.35. The maximum atomic E-state index is 13.7. The molecule has 0 spiro atoms. The average Bonchev–Trinajstić information content (AvgIpc) is 2.95. The van der Waals surface area contributed by atoms with Crippen molar-refractivity contribution < 1.29 is 24.2 Å². The quantitative estimate of drug-likeness (QED) is 0.403. The van der Waals surface area contributed by atoms with E-state index in [1.165, 1.54) is 6.42 Å². The van der Waals surface area contributed by atoms with E-state index < -0.39 is 12.1 Å². The number of amides is 5. The molecule has 40 heavy (non-hydrogen) atoms. The molecule has 1 heterocycles. The van der Waals surface area contributed by atoms with Gasteiger partial charge < -0.3 is 35.6 Å². The van der Waals surface area contributed by atoms with Crippen LogP contribution in [0.5, 0.6) is 5.75 Å². The summed E-state index contributed by atoms with van der Waals surface area (Å²) >= 11 is 0. The number of para-hydroxylation sites is 2. The smallest absolute Gasteiger partial charge is 0.321 e. The van der Waals surface area contributed by atoms with Crippen molar-refractivity contribution in [2.45, 2.75) is 64.1 Å². The number of ether oxygens (including phenoxy) is 1. The molecule has 3 atom stereocenters. The predicted octanol–water partition coefficient (Wildman–Crippen LogP) is 4.52. The highest BCUT2D eigenvalue weighted by Crippen LogP contribution is 2.35. The van der Waals surface area contributed by atoms with E-state index in [1.807, 2.05) is 37.3 Å². The van der Waals surface area contributed by atoms with Gasteiger partial charge in [-0.1, -0.05) is 50.5 Å². The molecule has 0 aromatic heterocycles. The number of nitrogens with one attached hydrogen (secondary N) is 3. The van der Waals surface area contributed by atoms with E-state index in [0.717, 1.165) is 25.7 Å². The highest BCUT2D eigenvalue weighted by atomic mass is 16.5. The molecule has 2 aromatic rings. The summed E-state index contributed by atoms with van der Waals surface area (Å²) in [6.07, 6.45) is 4.75. The molecule has 1 aliphatic carbocycles. The second-order valence-corrected chi connectivity index (χ2v) is 10.9. The summed E-state index contributed by atoms with van der Waals surface area (Å²) in [5, 5.41) is 18.7. The van der Waals surface area contributed by atoms with Crippen LogP contribution < -0.4 is 20.7 Å². The highest BCUT2D eigenvalue weighted by molar-refractivity contribution is 6.01. The average molecular weight is 552 g/mol. The maximum Gasteiger partial charge on any atom is 0.321 e. The van der Waals surface area contributed by atoms with E-state index >= 15 is 0 Å². The largest absolute Gasteiger partial charge is 0.485 e. The van der Waals surface area contributed by atoms with Gasteiger partial charge in [0.05, 0.1) is 30.4 Å². The number of hydrogen-bond acceptors (Lipinski definition) is 5. The van der Waals surface area contributed by atoms with Gasteiger partial charge in [-0.2, -0.15) is 0 Å². The zero-order chi connectivity index (χ0) is 28.6. The lowest BCUT2D eigenvalue weighted by atomic mass is 9.96. The third-order valence-electron chi connectivity index (χ3n) is 7.71. The number of carbonyl (C=O) groups excluding carboxylic acids is 3. The molecule has 4 rings (SSSR count). The number of hydrogen-bond donors (Lipinski definition) is 4. The maximum absolute atomic E-state index is 13.7. The predicted molar refractivity (Wildman–Crippen MR) is 155 cm³/mol. The first kappa shape index (κ1) is 29.2. The molecule has 0 bridgehead atoms. The van der Waals surface area contributed by atoms with Crippen molar-refractivity contribution in [2.75, 3.05) is 37.4 Å². The van der Waals surface area contributed by atoms with Crippen molar-refractivity contribution >= 4 is 29.3 Å². The van der Waals surface area contributed by atoms with Gasteiger partial charge in [0.15, 0.2) is 5.75 Å². The lowest BCUT2D eigenvalue weighted by Crippen LogP contribution is -2.50. The Kier molecular flexibility index (Phi) is 9.87. The molecule has 1 fully saturated rings. The van der Waals surface area contributed by atoms with Gasteiger partial charge in [0.1, 0.15) is 6.10 Å². The summed E-state index contributed by atoms with van der Waals surface area (Å²) < 4.78 is 6.50. The fraction of sp³-hybridized carbons (Fsp3) is 0.500. The Balaban J connectivity index is 1.59. The molecule has 216 valence electrons. The Bertz CT molecular complexity index is 1170. The van der Waals surface area contributed by atoms with Gasteiger partial charge in [0.25, 0.3) is 5.91 Å². The summed E-state index contributed by atoms with van der Waals surface area (Å²) in [7, 11) is 1.69. The van der Waals surface area contributed by atoms with Gasteiger partial charge in [-0.15, -0.1) is 0 Å². The molecular weight excluding hydrogens is 510 g/mol. The summed E-state index contributed by atoms with van der Waals surface area (Å²) in [6, 6.07) is 13.3. The zero-order valence-corrected chi connectivity index (χ0v) is 23.6. The van der Waals surface area contributed by atoms with Crippen LogP contribution in [0.25, 0.3) is 0 Å². The van der Waals surface area contributed by atoms with E-state index in [1.54, 1.807) is 42.0 Å². The Labute approximate surface area is 236 Å². The number of fused-ring (bicyclic) bond motifs is 1. The molecule has 5 amide bonds. The topological polar surface area (TPSA) is 123 Å². The second kappa shape index (κ2) is 13.5. The first-order valence-electron chi connectivity index (χ1n) is 14.1.